The van der Waals surface area contributed by atoms with Gasteiger partial charge in [-0.1, -0.05) is 24.3 Å². The van der Waals surface area contributed by atoms with Crippen molar-refractivity contribution in [1.29, 1.82) is 0 Å². The molecule has 0 radical (unpaired) electrons. The second-order valence-electron chi connectivity index (χ2n) is 6.30. The van der Waals surface area contributed by atoms with Crippen molar-refractivity contribution in [1.82, 2.24) is 4.98 Å². The average molecular weight is 373 g/mol. The van der Waals surface area contributed by atoms with Crippen molar-refractivity contribution in [2.75, 3.05) is 5.32 Å². The van der Waals surface area contributed by atoms with E-state index in [2.05, 4.69) is 10.3 Å². The number of aryl methyl sites for hydroxylation is 1. The number of benzene rings is 3. The number of carbonyl (C=O) groups is 1. The van der Waals surface area contributed by atoms with Crippen LogP contribution in [0.25, 0.3) is 22.6 Å². The van der Waals surface area contributed by atoms with Crippen LogP contribution in [0.1, 0.15) is 15.9 Å². The molecule has 0 saturated carbocycles. The minimum atomic E-state index is -0.537. The molecule has 7 heteroatoms. The molecule has 1 aromatic heterocycles. The molecule has 0 atom stereocenters. The quantitative estimate of drug-likeness (QED) is 0.402. The van der Waals surface area contributed by atoms with Gasteiger partial charge in [0, 0.05) is 17.7 Å². The summed E-state index contributed by atoms with van der Waals surface area (Å²) in [5.74, 6) is -0.0707. The summed E-state index contributed by atoms with van der Waals surface area (Å²) < 4.78 is 5.84. The van der Waals surface area contributed by atoms with E-state index in [0.717, 1.165) is 11.1 Å². The van der Waals surface area contributed by atoms with Crippen molar-refractivity contribution < 1.29 is 14.1 Å². The van der Waals surface area contributed by atoms with Crippen LogP contribution in [-0.2, 0) is 0 Å². The molecule has 1 heterocycles. The lowest BCUT2D eigenvalue weighted by atomic mass is 10.1. The van der Waals surface area contributed by atoms with Crippen molar-refractivity contribution >= 4 is 28.4 Å². The van der Waals surface area contributed by atoms with Gasteiger partial charge >= 0.3 is 0 Å². The number of anilines is 1. The van der Waals surface area contributed by atoms with E-state index < -0.39 is 10.8 Å². The lowest BCUT2D eigenvalue weighted by molar-refractivity contribution is -0.384. The van der Waals surface area contributed by atoms with Gasteiger partial charge in [0.05, 0.1) is 16.2 Å². The van der Waals surface area contributed by atoms with Gasteiger partial charge in [0.15, 0.2) is 5.58 Å². The number of para-hydroxylation sites is 1. The standard InChI is InChI=1S/C21H15N3O4/c1-13-9-10-19-18(11-13)23-21(28-19)16-7-2-3-8-17(16)22-20(25)14-5-4-6-15(12-14)24(26)27/h2-12H,1H3,(H,22,25). The number of fused-ring (bicyclic) bond motifs is 1. The Bertz CT molecular complexity index is 1210. The number of nitro benzene ring substituents is 1. The zero-order valence-corrected chi connectivity index (χ0v) is 14.9. The van der Waals surface area contributed by atoms with Crippen molar-refractivity contribution in [2.24, 2.45) is 0 Å². The summed E-state index contributed by atoms with van der Waals surface area (Å²) in [5.41, 5.74) is 3.62. The minimum absolute atomic E-state index is 0.143. The normalized spacial score (nSPS) is 10.8. The molecular formula is C21H15N3O4. The highest BCUT2D eigenvalue weighted by molar-refractivity contribution is 6.06. The van der Waals surface area contributed by atoms with E-state index in [0.29, 0.717) is 22.7 Å². The fourth-order valence-electron chi connectivity index (χ4n) is 2.89. The zero-order chi connectivity index (χ0) is 19.7. The van der Waals surface area contributed by atoms with Crippen LogP contribution in [0, 0.1) is 17.0 Å². The summed E-state index contributed by atoms with van der Waals surface area (Å²) in [6.45, 7) is 1.97. The van der Waals surface area contributed by atoms with Crippen molar-refractivity contribution in [3.8, 4) is 11.5 Å². The maximum Gasteiger partial charge on any atom is 0.270 e. The van der Waals surface area contributed by atoms with E-state index in [1.807, 2.05) is 31.2 Å². The monoisotopic (exact) mass is 373 g/mol. The summed E-state index contributed by atoms with van der Waals surface area (Å²) >= 11 is 0. The lowest BCUT2D eigenvalue weighted by Gasteiger charge is -2.08. The SMILES string of the molecule is Cc1ccc2oc(-c3ccccc3NC(=O)c3cccc([N+](=O)[O-])c3)nc2c1. The Balaban J connectivity index is 1.68. The largest absolute Gasteiger partial charge is 0.436 e. The summed E-state index contributed by atoms with van der Waals surface area (Å²) in [6, 6.07) is 18.4. The highest BCUT2D eigenvalue weighted by Gasteiger charge is 2.16. The Kier molecular flexibility index (Phi) is 4.33. The second-order valence-corrected chi connectivity index (χ2v) is 6.30. The molecule has 0 saturated heterocycles. The second kappa shape index (κ2) is 6.96. The van der Waals surface area contributed by atoms with Crippen LogP contribution in [0.15, 0.2) is 71.1 Å². The van der Waals surface area contributed by atoms with Gasteiger partial charge in [-0.2, -0.15) is 0 Å². The molecule has 1 amide bonds. The molecule has 28 heavy (non-hydrogen) atoms. The fourth-order valence-corrected chi connectivity index (χ4v) is 2.89. The number of nitrogens with one attached hydrogen (secondary N) is 1. The van der Waals surface area contributed by atoms with Crippen LogP contribution in [0.4, 0.5) is 11.4 Å². The molecule has 7 nitrogen and oxygen atoms in total. The molecule has 4 rings (SSSR count). The van der Waals surface area contributed by atoms with E-state index in [9.17, 15) is 14.9 Å². The topological polar surface area (TPSA) is 98.3 Å². The van der Waals surface area contributed by atoms with E-state index in [1.165, 1.54) is 24.3 Å². The van der Waals surface area contributed by atoms with Crippen molar-refractivity contribution in [3.05, 3.63) is 88.0 Å². The number of rotatable bonds is 4. The number of carbonyl (C=O) groups excluding carboxylic acids is 1. The summed E-state index contributed by atoms with van der Waals surface area (Å²) in [4.78, 5) is 27.5. The van der Waals surface area contributed by atoms with Crippen LogP contribution in [0.5, 0.6) is 0 Å². The number of aromatic nitrogens is 1. The van der Waals surface area contributed by atoms with Gasteiger partial charge in [-0.25, -0.2) is 4.98 Å². The summed E-state index contributed by atoms with van der Waals surface area (Å²) in [7, 11) is 0. The predicted octanol–water partition coefficient (Wildman–Crippen LogP) is 4.96. The third-order valence-corrected chi connectivity index (χ3v) is 4.27. The molecule has 1 N–H and O–H groups in total. The first-order valence-corrected chi connectivity index (χ1v) is 8.54. The van der Waals surface area contributed by atoms with Gasteiger partial charge in [0.1, 0.15) is 5.52 Å². The number of oxazole rings is 1. The minimum Gasteiger partial charge on any atom is -0.436 e. The van der Waals surface area contributed by atoms with Gasteiger partial charge in [-0.15, -0.1) is 0 Å². The first-order chi connectivity index (χ1) is 13.5. The molecule has 0 spiro atoms. The molecule has 0 aliphatic rings. The molecule has 138 valence electrons. The van der Waals surface area contributed by atoms with Gasteiger partial charge in [-0.3, -0.25) is 14.9 Å². The Hall–Kier alpha value is -4.00. The zero-order valence-electron chi connectivity index (χ0n) is 14.9. The maximum absolute atomic E-state index is 12.6. The number of amides is 1. The molecule has 3 aromatic carbocycles. The Morgan fingerprint density at radius 1 is 1.07 bits per heavy atom. The fraction of sp³-hybridized carbons (Fsp3) is 0.0476. The van der Waals surface area contributed by atoms with Crippen LogP contribution >= 0.6 is 0 Å². The van der Waals surface area contributed by atoms with Crippen molar-refractivity contribution in [3.63, 3.8) is 0 Å². The van der Waals surface area contributed by atoms with Gasteiger partial charge < -0.3 is 9.73 Å². The highest BCUT2D eigenvalue weighted by atomic mass is 16.6. The third-order valence-electron chi connectivity index (χ3n) is 4.27. The molecule has 0 fully saturated rings. The molecule has 0 bridgehead atoms. The first kappa shape index (κ1) is 17.4. The van der Waals surface area contributed by atoms with Gasteiger partial charge in [-0.05, 0) is 42.8 Å². The van der Waals surface area contributed by atoms with Crippen LogP contribution in [-0.4, -0.2) is 15.8 Å². The highest BCUT2D eigenvalue weighted by Crippen LogP contribution is 2.30. The first-order valence-electron chi connectivity index (χ1n) is 8.54. The molecule has 0 aliphatic carbocycles. The smallest absolute Gasteiger partial charge is 0.270 e. The lowest BCUT2D eigenvalue weighted by Crippen LogP contribution is -2.12. The number of hydrogen-bond acceptors (Lipinski definition) is 5. The van der Waals surface area contributed by atoms with Crippen LogP contribution in [0.2, 0.25) is 0 Å². The number of nitro groups is 1. The molecule has 0 aliphatic heterocycles. The summed E-state index contributed by atoms with van der Waals surface area (Å²) in [6.07, 6.45) is 0. The Morgan fingerprint density at radius 2 is 1.89 bits per heavy atom. The number of non-ortho nitro benzene ring substituents is 1. The Morgan fingerprint density at radius 3 is 2.71 bits per heavy atom. The van der Waals surface area contributed by atoms with Gasteiger partial charge in [0.2, 0.25) is 5.89 Å². The number of nitrogens with zero attached hydrogens (tertiary/aromatic N) is 2. The van der Waals surface area contributed by atoms with E-state index in [1.54, 1.807) is 18.2 Å². The Labute approximate surface area is 159 Å². The van der Waals surface area contributed by atoms with Gasteiger partial charge in [0.25, 0.3) is 11.6 Å². The third kappa shape index (κ3) is 3.33. The summed E-state index contributed by atoms with van der Waals surface area (Å²) in [5, 5.41) is 13.7. The van der Waals surface area contributed by atoms with Crippen LogP contribution < -0.4 is 5.32 Å². The molecule has 0 unspecified atom stereocenters. The van der Waals surface area contributed by atoms with E-state index >= 15 is 0 Å². The molecular weight excluding hydrogens is 358 g/mol. The van der Waals surface area contributed by atoms with Crippen molar-refractivity contribution in [2.45, 2.75) is 6.92 Å². The number of hydrogen-bond donors (Lipinski definition) is 1. The predicted molar refractivity (Wildman–Crippen MR) is 105 cm³/mol. The average Bonchev–Trinajstić information content (AvgIpc) is 3.11. The van der Waals surface area contributed by atoms with E-state index in [4.69, 9.17) is 4.42 Å². The van der Waals surface area contributed by atoms with E-state index in [-0.39, 0.29) is 11.3 Å². The maximum atomic E-state index is 12.6. The van der Waals surface area contributed by atoms with Crippen LogP contribution in [0.3, 0.4) is 0 Å². The molecule has 4 aromatic rings.